The molecule has 7 heteroatoms. The van der Waals surface area contributed by atoms with Crippen LogP contribution < -0.4 is 5.32 Å². The second-order valence-electron chi connectivity index (χ2n) is 4.85. The topological polar surface area (TPSA) is 86.7 Å². The van der Waals surface area contributed by atoms with E-state index < -0.39 is 17.4 Å². The summed E-state index contributed by atoms with van der Waals surface area (Å²) in [6, 6.07) is 0. The fraction of sp³-hybridized carbons (Fsp3) is 0.727. The Morgan fingerprint density at radius 3 is 2.72 bits per heavy atom. The van der Waals surface area contributed by atoms with Gasteiger partial charge in [-0.1, -0.05) is 0 Å². The first-order valence-electron chi connectivity index (χ1n) is 5.82. The molecule has 0 aromatic heterocycles. The molecule has 2 heterocycles. The standard InChI is InChI=1S/C11H16N2O4S/c1-13-5-7(4-8(13)14)9(15)12-11(10(16)17)2-3-18-6-11/h7H,2-6H2,1H3,(H,12,15)(H,16,17)/t7-,11-/m0/s1. The molecule has 2 atom stereocenters. The number of carboxylic acids is 1. The molecular weight excluding hydrogens is 256 g/mol. The van der Waals surface area contributed by atoms with E-state index in [1.54, 1.807) is 7.05 Å². The maximum Gasteiger partial charge on any atom is 0.330 e. The lowest BCUT2D eigenvalue weighted by Gasteiger charge is -2.26. The lowest BCUT2D eigenvalue weighted by atomic mass is 9.97. The lowest BCUT2D eigenvalue weighted by Crippen LogP contribution is -2.56. The highest BCUT2D eigenvalue weighted by Gasteiger charge is 2.45. The number of hydrogen-bond acceptors (Lipinski definition) is 4. The Bertz CT molecular complexity index is 393. The Balaban J connectivity index is 2.02. The molecule has 0 aliphatic carbocycles. The van der Waals surface area contributed by atoms with E-state index >= 15 is 0 Å². The van der Waals surface area contributed by atoms with Gasteiger partial charge in [-0.2, -0.15) is 11.8 Å². The fourth-order valence-corrected chi connectivity index (χ4v) is 3.59. The highest BCUT2D eigenvalue weighted by molar-refractivity contribution is 7.99. The predicted octanol–water partition coefficient (Wildman–Crippen LogP) is -0.459. The van der Waals surface area contributed by atoms with Crippen LogP contribution >= 0.6 is 11.8 Å². The number of rotatable bonds is 3. The normalized spacial score (nSPS) is 31.7. The third-order valence-corrected chi connectivity index (χ3v) is 4.70. The van der Waals surface area contributed by atoms with E-state index in [2.05, 4.69) is 5.32 Å². The molecule has 0 aromatic rings. The molecule has 0 aromatic carbocycles. The average Bonchev–Trinajstić information content (AvgIpc) is 2.88. The van der Waals surface area contributed by atoms with Crippen molar-refractivity contribution in [1.29, 1.82) is 0 Å². The first kappa shape index (κ1) is 13.2. The van der Waals surface area contributed by atoms with Gasteiger partial charge in [0.15, 0.2) is 0 Å². The number of carbonyl (C=O) groups is 3. The van der Waals surface area contributed by atoms with Gasteiger partial charge in [0.2, 0.25) is 11.8 Å². The minimum Gasteiger partial charge on any atom is -0.479 e. The van der Waals surface area contributed by atoms with E-state index in [0.29, 0.717) is 18.7 Å². The molecule has 0 saturated carbocycles. The lowest BCUT2D eigenvalue weighted by molar-refractivity contribution is -0.147. The maximum absolute atomic E-state index is 12.0. The molecule has 0 unspecified atom stereocenters. The second-order valence-corrected chi connectivity index (χ2v) is 5.96. The van der Waals surface area contributed by atoms with Gasteiger partial charge in [0.1, 0.15) is 5.54 Å². The number of thioether (sulfide) groups is 1. The molecule has 2 amide bonds. The number of amides is 2. The van der Waals surface area contributed by atoms with Gasteiger partial charge in [-0.05, 0) is 12.2 Å². The van der Waals surface area contributed by atoms with E-state index in [-0.39, 0.29) is 18.2 Å². The van der Waals surface area contributed by atoms with Crippen molar-refractivity contribution < 1.29 is 19.5 Å². The van der Waals surface area contributed by atoms with Crippen molar-refractivity contribution in [3.8, 4) is 0 Å². The van der Waals surface area contributed by atoms with Crippen LogP contribution in [0.1, 0.15) is 12.8 Å². The van der Waals surface area contributed by atoms with Gasteiger partial charge in [0, 0.05) is 25.8 Å². The number of nitrogens with one attached hydrogen (secondary N) is 1. The zero-order chi connectivity index (χ0) is 13.3. The Morgan fingerprint density at radius 2 is 2.28 bits per heavy atom. The minimum absolute atomic E-state index is 0.0691. The molecular formula is C11H16N2O4S. The zero-order valence-corrected chi connectivity index (χ0v) is 11.0. The SMILES string of the molecule is CN1C[C@@H](C(=O)N[C@@]2(C(=O)O)CCSC2)CC1=O. The fourth-order valence-electron chi connectivity index (χ4n) is 2.26. The smallest absolute Gasteiger partial charge is 0.330 e. The third kappa shape index (κ3) is 2.31. The summed E-state index contributed by atoms with van der Waals surface area (Å²) in [6.07, 6.45) is 0.612. The first-order valence-corrected chi connectivity index (χ1v) is 6.97. The average molecular weight is 272 g/mol. The summed E-state index contributed by atoms with van der Waals surface area (Å²) in [7, 11) is 1.65. The molecule has 2 saturated heterocycles. The van der Waals surface area contributed by atoms with Crippen LogP contribution in [0.5, 0.6) is 0 Å². The van der Waals surface area contributed by atoms with Crippen LogP contribution in [0.15, 0.2) is 0 Å². The molecule has 100 valence electrons. The Hall–Kier alpha value is -1.24. The van der Waals surface area contributed by atoms with E-state index in [4.69, 9.17) is 0 Å². The first-order chi connectivity index (χ1) is 8.44. The van der Waals surface area contributed by atoms with Crippen LogP contribution in [0, 0.1) is 5.92 Å². The number of aliphatic carboxylic acids is 1. The second kappa shape index (κ2) is 4.79. The van der Waals surface area contributed by atoms with Crippen LogP contribution in [-0.4, -0.2) is 58.4 Å². The molecule has 0 spiro atoms. The van der Waals surface area contributed by atoms with Crippen LogP contribution in [0.25, 0.3) is 0 Å². The van der Waals surface area contributed by atoms with Crippen LogP contribution in [0.4, 0.5) is 0 Å². The van der Waals surface area contributed by atoms with Crippen molar-refractivity contribution in [2.75, 3.05) is 25.1 Å². The van der Waals surface area contributed by atoms with Crippen molar-refractivity contribution in [3.63, 3.8) is 0 Å². The molecule has 18 heavy (non-hydrogen) atoms. The van der Waals surface area contributed by atoms with Gasteiger partial charge in [0.25, 0.3) is 0 Å². The number of hydrogen-bond donors (Lipinski definition) is 2. The molecule has 0 radical (unpaired) electrons. The summed E-state index contributed by atoms with van der Waals surface area (Å²) >= 11 is 1.52. The van der Waals surface area contributed by atoms with E-state index in [1.807, 2.05) is 0 Å². The molecule has 2 N–H and O–H groups in total. The monoisotopic (exact) mass is 272 g/mol. The number of carbonyl (C=O) groups excluding carboxylic acids is 2. The number of likely N-dealkylation sites (tertiary alicyclic amines) is 1. The summed E-state index contributed by atoms with van der Waals surface area (Å²) in [6.45, 7) is 0.369. The highest BCUT2D eigenvalue weighted by atomic mass is 32.2. The molecule has 0 bridgehead atoms. The van der Waals surface area contributed by atoms with Gasteiger partial charge >= 0.3 is 5.97 Å². The van der Waals surface area contributed by atoms with Crippen molar-refractivity contribution in [2.24, 2.45) is 5.92 Å². The quantitative estimate of drug-likeness (QED) is 0.726. The van der Waals surface area contributed by atoms with E-state index in [0.717, 1.165) is 5.75 Å². The van der Waals surface area contributed by atoms with Crippen LogP contribution in [-0.2, 0) is 14.4 Å². The summed E-state index contributed by atoms with van der Waals surface area (Å²) in [5.74, 6) is -0.679. The minimum atomic E-state index is -1.15. The predicted molar refractivity (Wildman–Crippen MR) is 66.2 cm³/mol. The molecule has 2 rings (SSSR count). The Morgan fingerprint density at radius 1 is 1.56 bits per heavy atom. The van der Waals surface area contributed by atoms with E-state index in [9.17, 15) is 19.5 Å². The highest BCUT2D eigenvalue weighted by Crippen LogP contribution is 2.29. The van der Waals surface area contributed by atoms with Gasteiger partial charge in [-0.25, -0.2) is 4.79 Å². The zero-order valence-electron chi connectivity index (χ0n) is 10.1. The summed E-state index contributed by atoms with van der Waals surface area (Å²) < 4.78 is 0. The van der Waals surface area contributed by atoms with Crippen molar-refractivity contribution in [2.45, 2.75) is 18.4 Å². The van der Waals surface area contributed by atoms with Gasteiger partial charge < -0.3 is 15.3 Å². The van der Waals surface area contributed by atoms with Crippen LogP contribution in [0.2, 0.25) is 0 Å². The summed E-state index contributed by atoms with van der Waals surface area (Å²) in [5, 5.41) is 11.9. The largest absolute Gasteiger partial charge is 0.479 e. The van der Waals surface area contributed by atoms with Crippen molar-refractivity contribution in [1.82, 2.24) is 10.2 Å². The maximum atomic E-state index is 12.0. The van der Waals surface area contributed by atoms with Gasteiger partial charge in [-0.3, -0.25) is 9.59 Å². The molecule has 2 fully saturated rings. The molecule has 6 nitrogen and oxygen atoms in total. The van der Waals surface area contributed by atoms with Gasteiger partial charge in [0.05, 0.1) is 5.92 Å². The van der Waals surface area contributed by atoms with E-state index in [1.165, 1.54) is 16.7 Å². The van der Waals surface area contributed by atoms with Crippen molar-refractivity contribution in [3.05, 3.63) is 0 Å². The van der Waals surface area contributed by atoms with Gasteiger partial charge in [-0.15, -0.1) is 0 Å². The number of nitrogens with zero attached hydrogens (tertiary/aromatic N) is 1. The van der Waals surface area contributed by atoms with Crippen LogP contribution in [0.3, 0.4) is 0 Å². The summed E-state index contributed by atoms with van der Waals surface area (Å²) in [4.78, 5) is 36.2. The Labute approximate surface area is 109 Å². The number of carboxylic acid groups (broad SMARTS) is 1. The summed E-state index contributed by atoms with van der Waals surface area (Å²) in [5.41, 5.74) is -1.15. The third-order valence-electron chi connectivity index (χ3n) is 3.51. The molecule has 2 aliphatic heterocycles. The Kier molecular flexibility index (Phi) is 3.52. The molecule has 2 aliphatic rings. The van der Waals surface area contributed by atoms with Crippen molar-refractivity contribution >= 4 is 29.5 Å².